The first-order valence-corrected chi connectivity index (χ1v) is 10.3. The SMILES string of the molecule is CC1CCC2(CC1)NC(=O)N(NC(=O)c1ccc3c(c1)NC(=O)[C@@H](C)S3)C2=O. The van der Waals surface area contributed by atoms with Gasteiger partial charge in [0.25, 0.3) is 11.8 Å². The molecule has 2 heterocycles. The van der Waals surface area contributed by atoms with E-state index >= 15 is 0 Å². The number of thioether (sulfide) groups is 1. The Morgan fingerprint density at radius 3 is 2.64 bits per heavy atom. The minimum absolute atomic E-state index is 0.127. The molecule has 1 aromatic rings. The zero-order valence-corrected chi connectivity index (χ0v) is 16.5. The Labute approximate surface area is 166 Å². The molecule has 1 saturated carbocycles. The highest BCUT2D eigenvalue weighted by Crippen LogP contribution is 2.37. The number of anilines is 1. The van der Waals surface area contributed by atoms with E-state index in [9.17, 15) is 19.2 Å². The van der Waals surface area contributed by atoms with Gasteiger partial charge < -0.3 is 10.6 Å². The molecule has 3 aliphatic rings. The van der Waals surface area contributed by atoms with E-state index in [1.165, 1.54) is 11.8 Å². The number of imide groups is 1. The first kappa shape index (κ1) is 18.8. The molecule has 8 nitrogen and oxygen atoms in total. The van der Waals surface area contributed by atoms with Gasteiger partial charge in [0.1, 0.15) is 5.54 Å². The lowest BCUT2D eigenvalue weighted by Gasteiger charge is -2.33. The molecular weight excluding hydrogens is 380 g/mol. The van der Waals surface area contributed by atoms with Crippen molar-refractivity contribution < 1.29 is 19.2 Å². The summed E-state index contributed by atoms with van der Waals surface area (Å²) in [7, 11) is 0. The lowest BCUT2D eigenvalue weighted by atomic mass is 9.77. The highest BCUT2D eigenvalue weighted by Gasteiger charge is 2.52. The van der Waals surface area contributed by atoms with E-state index in [0.717, 1.165) is 22.7 Å². The van der Waals surface area contributed by atoms with Gasteiger partial charge in [-0.3, -0.25) is 19.8 Å². The van der Waals surface area contributed by atoms with Crippen molar-refractivity contribution in [2.24, 2.45) is 5.92 Å². The fraction of sp³-hybridized carbons (Fsp3) is 0.474. The summed E-state index contributed by atoms with van der Waals surface area (Å²) >= 11 is 1.42. The largest absolute Gasteiger partial charge is 0.344 e. The number of nitrogens with one attached hydrogen (secondary N) is 3. The summed E-state index contributed by atoms with van der Waals surface area (Å²) in [6.45, 7) is 3.94. The van der Waals surface area contributed by atoms with Crippen LogP contribution in [0.5, 0.6) is 0 Å². The number of rotatable bonds is 2. The molecule has 1 aliphatic carbocycles. The predicted molar refractivity (Wildman–Crippen MR) is 104 cm³/mol. The highest BCUT2D eigenvalue weighted by atomic mass is 32.2. The van der Waals surface area contributed by atoms with Gasteiger partial charge in [-0.25, -0.2) is 4.79 Å². The molecule has 1 atom stereocenters. The first-order chi connectivity index (χ1) is 13.3. The van der Waals surface area contributed by atoms with Gasteiger partial charge in [-0.2, -0.15) is 5.01 Å². The fourth-order valence-electron chi connectivity index (χ4n) is 3.83. The van der Waals surface area contributed by atoms with Crippen molar-refractivity contribution in [3.63, 3.8) is 0 Å². The van der Waals surface area contributed by atoms with Crippen molar-refractivity contribution in [2.75, 3.05) is 5.32 Å². The maximum Gasteiger partial charge on any atom is 0.344 e. The molecule has 2 fully saturated rings. The van der Waals surface area contributed by atoms with E-state index in [2.05, 4.69) is 23.0 Å². The van der Waals surface area contributed by atoms with Crippen molar-refractivity contribution in [3.8, 4) is 0 Å². The van der Waals surface area contributed by atoms with Gasteiger partial charge in [-0.15, -0.1) is 11.8 Å². The lowest BCUT2D eigenvalue weighted by molar-refractivity contribution is -0.134. The molecule has 9 heteroatoms. The quantitative estimate of drug-likeness (QED) is 0.658. The third-order valence-corrected chi connectivity index (χ3v) is 6.85. The third-order valence-electron chi connectivity index (χ3n) is 5.68. The van der Waals surface area contributed by atoms with Gasteiger partial charge in [0.05, 0.1) is 10.9 Å². The molecule has 5 amide bonds. The summed E-state index contributed by atoms with van der Waals surface area (Å²) in [6, 6.07) is 4.31. The second-order valence-electron chi connectivity index (χ2n) is 7.74. The Morgan fingerprint density at radius 2 is 1.93 bits per heavy atom. The summed E-state index contributed by atoms with van der Waals surface area (Å²) in [5.74, 6) is -0.596. The summed E-state index contributed by atoms with van der Waals surface area (Å²) in [6.07, 6.45) is 2.86. The molecular formula is C19H22N4O4S. The molecule has 4 rings (SSSR count). The number of nitrogens with zero attached hydrogens (tertiary/aromatic N) is 1. The van der Waals surface area contributed by atoms with Crippen LogP contribution in [0.25, 0.3) is 0 Å². The van der Waals surface area contributed by atoms with Crippen LogP contribution in [-0.4, -0.2) is 39.6 Å². The lowest BCUT2D eigenvalue weighted by Crippen LogP contribution is -2.51. The molecule has 0 aromatic heterocycles. The van der Waals surface area contributed by atoms with Crippen LogP contribution >= 0.6 is 11.8 Å². The van der Waals surface area contributed by atoms with Gasteiger partial charge in [0, 0.05) is 10.5 Å². The number of hydrogen-bond acceptors (Lipinski definition) is 5. The standard InChI is InChI=1S/C19H22N4O4S/c1-10-5-7-19(8-6-10)17(26)23(18(27)21-19)22-16(25)12-3-4-14-13(9-12)20-15(24)11(2)28-14/h3-4,9-11H,5-8H2,1-2H3,(H,20,24)(H,21,27)(H,22,25)/t10?,11-,19?/m1/s1. The second kappa shape index (κ2) is 6.80. The molecule has 2 aliphatic heterocycles. The van der Waals surface area contributed by atoms with Crippen molar-refractivity contribution in [2.45, 2.75) is 55.2 Å². The molecule has 0 unspecified atom stereocenters. The number of carbonyl (C=O) groups excluding carboxylic acids is 4. The van der Waals surface area contributed by atoms with E-state index in [-0.39, 0.29) is 16.7 Å². The maximum atomic E-state index is 12.8. The zero-order valence-electron chi connectivity index (χ0n) is 15.7. The summed E-state index contributed by atoms with van der Waals surface area (Å²) < 4.78 is 0. The van der Waals surface area contributed by atoms with Gasteiger partial charge >= 0.3 is 6.03 Å². The topological polar surface area (TPSA) is 108 Å². The number of hydrogen-bond donors (Lipinski definition) is 3. The average Bonchev–Trinajstić information content (AvgIpc) is 2.89. The maximum absolute atomic E-state index is 12.8. The zero-order chi connectivity index (χ0) is 20.1. The van der Waals surface area contributed by atoms with Crippen molar-refractivity contribution >= 4 is 41.2 Å². The number of carbonyl (C=O) groups is 4. The predicted octanol–water partition coefficient (Wildman–Crippen LogP) is 2.26. The Kier molecular flexibility index (Phi) is 4.57. The Bertz CT molecular complexity index is 879. The van der Waals surface area contributed by atoms with Crippen LogP contribution in [0.1, 0.15) is 49.9 Å². The number of amides is 5. The average molecular weight is 402 g/mol. The van der Waals surface area contributed by atoms with Crippen LogP contribution in [0.2, 0.25) is 0 Å². The molecule has 0 bridgehead atoms. The fourth-order valence-corrected chi connectivity index (χ4v) is 4.76. The molecule has 3 N–H and O–H groups in total. The van der Waals surface area contributed by atoms with Crippen LogP contribution in [0.4, 0.5) is 10.5 Å². The van der Waals surface area contributed by atoms with E-state index in [1.54, 1.807) is 18.2 Å². The first-order valence-electron chi connectivity index (χ1n) is 9.38. The van der Waals surface area contributed by atoms with Crippen LogP contribution in [0.15, 0.2) is 23.1 Å². The Balaban J connectivity index is 1.50. The number of urea groups is 1. The van der Waals surface area contributed by atoms with E-state index in [1.807, 2.05) is 6.92 Å². The van der Waals surface area contributed by atoms with Crippen molar-refractivity contribution in [1.29, 1.82) is 0 Å². The van der Waals surface area contributed by atoms with Crippen LogP contribution in [0.3, 0.4) is 0 Å². The third kappa shape index (κ3) is 3.13. The Hall–Kier alpha value is -2.55. The molecule has 0 radical (unpaired) electrons. The minimum atomic E-state index is -0.909. The number of benzene rings is 1. The van der Waals surface area contributed by atoms with Crippen LogP contribution in [-0.2, 0) is 9.59 Å². The normalized spacial score (nSPS) is 29.4. The molecule has 28 heavy (non-hydrogen) atoms. The van der Waals surface area contributed by atoms with Gasteiger partial charge in [-0.05, 0) is 56.7 Å². The molecule has 1 aromatic carbocycles. The molecule has 1 spiro atoms. The minimum Gasteiger partial charge on any atom is -0.324 e. The number of hydrazine groups is 1. The van der Waals surface area contributed by atoms with Crippen LogP contribution in [0, 0.1) is 5.92 Å². The smallest absolute Gasteiger partial charge is 0.324 e. The number of fused-ring (bicyclic) bond motifs is 1. The van der Waals surface area contributed by atoms with Crippen molar-refractivity contribution in [1.82, 2.24) is 15.8 Å². The van der Waals surface area contributed by atoms with Gasteiger partial charge in [-0.1, -0.05) is 6.92 Å². The molecule has 1 saturated heterocycles. The molecule has 148 valence electrons. The monoisotopic (exact) mass is 402 g/mol. The van der Waals surface area contributed by atoms with Gasteiger partial charge in [0.15, 0.2) is 0 Å². The highest BCUT2D eigenvalue weighted by molar-refractivity contribution is 8.00. The van der Waals surface area contributed by atoms with E-state index in [4.69, 9.17) is 0 Å². The summed E-state index contributed by atoms with van der Waals surface area (Å²) in [5.41, 5.74) is 2.32. The van der Waals surface area contributed by atoms with E-state index < -0.39 is 23.4 Å². The second-order valence-corrected chi connectivity index (χ2v) is 9.12. The summed E-state index contributed by atoms with van der Waals surface area (Å²) in [5, 5.41) is 6.12. The Morgan fingerprint density at radius 1 is 1.21 bits per heavy atom. The van der Waals surface area contributed by atoms with E-state index in [0.29, 0.717) is 24.4 Å². The van der Waals surface area contributed by atoms with Crippen LogP contribution < -0.4 is 16.1 Å². The summed E-state index contributed by atoms with van der Waals surface area (Å²) in [4.78, 5) is 50.6. The van der Waals surface area contributed by atoms with Gasteiger partial charge in [0.2, 0.25) is 5.91 Å². The van der Waals surface area contributed by atoms with Crippen molar-refractivity contribution in [3.05, 3.63) is 23.8 Å².